The molecule has 0 spiro atoms. The summed E-state index contributed by atoms with van der Waals surface area (Å²) in [5.74, 6) is 5.33. The predicted octanol–water partition coefficient (Wildman–Crippen LogP) is 0.553. The Morgan fingerprint density at radius 2 is 2.27 bits per heavy atom. The largest absolute Gasteiger partial charge is 0.336 e. The molecule has 0 radical (unpaired) electrons. The van der Waals surface area contributed by atoms with Gasteiger partial charge < -0.3 is 5.84 Å². The number of pyridine rings is 1. The maximum Gasteiger partial charge on any atom is 0.268 e. The molecule has 0 amide bonds. The number of thiol groups is 1. The molecule has 0 fully saturated rings. The summed E-state index contributed by atoms with van der Waals surface area (Å²) in [5.41, 5.74) is 0.734. The van der Waals surface area contributed by atoms with Crippen molar-refractivity contribution in [1.29, 1.82) is 0 Å². The monoisotopic (exact) mass is 170 g/mol. The molecule has 11 heavy (non-hydrogen) atoms. The maximum absolute atomic E-state index is 10.8. The highest BCUT2D eigenvalue weighted by atomic mass is 32.1. The molecule has 4 heteroatoms. The van der Waals surface area contributed by atoms with E-state index in [0.717, 1.165) is 10.2 Å². The Bertz CT molecular complexity index is 306. The fourth-order valence-corrected chi connectivity index (χ4v) is 0.921. The van der Waals surface area contributed by atoms with Crippen molar-refractivity contribution in [3.63, 3.8) is 0 Å². The van der Waals surface area contributed by atoms with Gasteiger partial charge in [0.2, 0.25) is 0 Å². The van der Waals surface area contributed by atoms with Crippen molar-refractivity contribution in [2.75, 3.05) is 5.84 Å². The van der Waals surface area contributed by atoms with E-state index < -0.39 is 0 Å². The molecule has 1 atom stereocenters. The van der Waals surface area contributed by atoms with Crippen molar-refractivity contribution in [3.8, 4) is 0 Å². The second kappa shape index (κ2) is 3.00. The van der Waals surface area contributed by atoms with E-state index >= 15 is 0 Å². The Balaban J connectivity index is 3.15. The van der Waals surface area contributed by atoms with Gasteiger partial charge in [0.05, 0.1) is 0 Å². The van der Waals surface area contributed by atoms with E-state index in [1.54, 1.807) is 12.3 Å². The molecule has 1 aromatic heterocycles. The van der Waals surface area contributed by atoms with Gasteiger partial charge in [-0.15, -0.1) is 0 Å². The molecule has 2 N–H and O–H groups in total. The van der Waals surface area contributed by atoms with E-state index in [9.17, 15) is 4.79 Å². The molecule has 1 rings (SSSR count). The maximum atomic E-state index is 10.8. The normalized spacial score (nSPS) is 12.9. The Morgan fingerprint density at radius 1 is 1.64 bits per heavy atom. The summed E-state index contributed by atoms with van der Waals surface area (Å²) in [6, 6.07) is 3.16. The van der Waals surface area contributed by atoms with Gasteiger partial charge in [-0.3, -0.25) is 4.79 Å². The van der Waals surface area contributed by atoms with Gasteiger partial charge in [-0.05, 0) is 12.5 Å². The van der Waals surface area contributed by atoms with Crippen LogP contribution in [0, 0.1) is 0 Å². The summed E-state index contributed by atoms with van der Waals surface area (Å²) in [4.78, 5) is 10.8. The van der Waals surface area contributed by atoms with Gasteiger partial charge in [0, 0.05) is 17.5 Å². The van der Waals surface area contributed by atoms with Gasteiger partial charge in [-0.25, -0.2) is 4.68 Å². The summed E-state index contributed by atoms with van der Waals surface area (Å²) >= 11 is 4.20. The molecule has 0 aliphatic heterocycles. The first-order valence-corrected chi connectivity index (χ1v) is 3.78. The summed E-state index contributed by atoms with van der Waals surface area (Å²) < 4.78 is 1.06. The Hall–Kier alpha value is -0.900. The first-order valence-electron chi connectivity index (χ1n) is 3.27. The molecule has 3 nitrogen and oxygen atoms in total. The fraction of sp³-hybridized carbons (Fsp3) is 0.286. The van der Waals surface area contributed by atoms with Crippen molar-refractivity contribution >= 4 is 12.6 Å². The van der Waals surface area contributed by atoms with Gasteiger partial charge in [0.25, 0.3) is 5.56 Å². The molecule has 1 aromatic rings. The smallest absolute Gasteiger partial charge is 0.268 e. The topological polar surface area (TPSA) is 48.0 Å². The zero-order valence-corrected chi connectivity index (χ0v) is 7.08. The van der Waals surface area contributed by atoms with E-state index in [2.05, 4.69) is 12.6 Å². The summed E-state index contributed by atoms with van der Waals surface area (Å²) in [6.45, 7) is 1.92. The number of hydrogen-bond acceptors (Lipinski definition) is 3. The van der Waals surface area contributed by atoms with E-state index in [0.29, 0.717) is 0 Å². The third-order valence-corrected chi connectivity index (χ3v) is 1.74. The number of nitrogen functional groups attached to an aromatic ring is 1. The van der Waals surface area contributed by atoms with Crippen LogP contribution in [0.1, 0.15) is 17.7 Å². The second-order valence-corrected chi connectivity index (χ2v) is 3.16. The van der Waals surface area contributed by atoms with Gasteiger partial charge in [0.15, 0.2) is 0 Å². The van der Waals surface area contributed by atoms with Gasteiger partial charge >= 0.3 is 0 Å². The Labute approximate surface area is 70.2 Å². The molecule has 0 bridgehead atoms. The van der Waals surface area contributed by atoms with Crippen molar-refractivity contribution < 1.29 is 0 Å². The quantitative estimate of drug-likeness (QED) is 0.477. The minimum absolute atomic E-state index is 0.102. The average molecular weight is 170 g/mol. The lowest BCUT2D eigenvalue weighted by molar-refractivity contribution is 0.905. The summed E-state index contributed by atoms with van der Waals surface area (Å²) in [7, 11) is 0. The molecule has 0 saturated heterocycles. The highest BCUT2D eigenvalue weighted by Crippen LogP contribution is 2.15. The number of rotatable bonds is 1. The second-order valence-electron chi connectivity index (χ2n) is 2.38. The molecule has 0 aliphatic carbocycles. The SMILES string of the molecule is C[C@@H](S)c1ccc(=O)n(N)c1. The number of aromatic nitrogens is 1. The minimum Gasteiger partial charge on any atom is -0.336 e. The zero-order chi connectivity index (χ0) is 8.43. The van der Waals surface area contributed by atoms with Crippen molar-refractivity contribution in [1.82, 2.24) is 4.68 Å². The lowest BCUT2D eigenvalue weighted by atomic mass is 10.2. The van der Waals surface area contributed by atoms with E-state index in [-0.39, 0.29) is 10.8 Å². The van der Waals surface area contributed by atoms with Crippen LogP contribution >= 0.6 is 12.6 Å². The van der Waals surface area contributed by atoms with Crippen LogP contribution in [0.2, 0.25) is 0 Å². The van der Waals surface area contributed by atoms with E-state index in [1.165, 1.54) is 6.07 Å². The average Bonchev–Trinajstić information content (AvgIpc) is 1.94. The number of nitrogens with zero attached hydrogens (tertiary/aromatic N) is 1. The molecular weight excluding hydrogens is 160 g/mol. The number of nitrogens with two attached hydrogens (primary N) is 1. The van der Waals surface area contributed by atoms with Crippen LogP contribution in [0.25, 0.3) is 0 Å². The summed E-state index contributed by atoms with van der Waals surface area (Å²) in [6.07, 6.45) is 1.58. The van der Waals surface area contributed by atoms with Crippen molar-refractivity contribution in [2.24, 2.45) is 0 Å². The van der Waals surface area contributed by atoms with Crippen LogP contribution in [0.3, 0.4) is 0 Å². The zero-order valence-electron chi connectivity index (χ0n) is 6.19. The predicted molar refractivity (Wildman–Crippen MR) is 48.3 cm³/mol. The van der Waals surface area contributed by atoms with Crippen LogP contribution < -0.4 is 11.4 Å². The van der Waals surface area contributed by atoms with Crippen LogP contribution in [-0.4, -0.2) is 4.68 Å². The molecule has 60 valence electrons. The third kappa shape index (κ3) is 1.77. The van der Waals surface area contributed by atoms with Gasteiger partial charge in [0.1, 0.15) is 0 Å². The third-order valence-electron chi connectivity index (χ3n) is 1.44. The summed E-state index contributed by atoms with van der Waals surface area (Å²) in [5, 5.41) is 0.102. The molecule has 0 aromatic carbocycles. The standard InChI is InChI=1S/C7H10N2OS/c1-5(11)6-2-3-7(10)9(8)4-6/h2-5,11H,8H2,1H3/t5-/m1/s1. The van der Waals surface area contributed by atoms with Crippen LogP contribution in [-0.2, 0) is 0 Å². The lowest BCUT2D eigenvalue weighted by Crippen LogP contribution is -2.25. The van der Waals surface area contributed by atoms with Gasteiger partial charge in [-0.2, -0.15) is 12.6 Å². The van der Waals surface area contributed by atoms with Crippen molar-refractivity contribution in [2.45, 2.75) is 12.2 Å². The van der Waals surface area contributed by atoms with Gasteiger partial charge in [-0.1, -0.05) is 6.07 Å². The van der Waals surface area contributed by atoms with E-state index in [1.807, 2.05) is 6.92 Å². The Kier molecular flexibility index (Phi) is 2.24. The van der Waals surface area contributed by atoms with E-state index in [4.69, 9.17) is 5.84 Å². The molecule has 1 heterocycles. The fourth-order valence-electron chi connectivity index (χ4n) is 0.768. The lowest BCUT2D eigenvalue weighted by Gasteiger charge is -2.04. The highest BCUT2D eigenvalue weighted by molar-refractivity contribution is 7.80. The first-order chi connectivity index (χ1) is 5.11. The van der Waals surface area contributed by atoms with Crippen LogP contribution in [0.15, 0.2) is 23.1 Å². The van der Waals surface area contributed by atoms with Crippen molar-refractivity contribution in [3.05, 3.63) is 34.2 Å². The van der Waals surface area contributed by atoms with Crippen LogP contribution in [0.4, 0.5) is 0 Å². The highest BCUT2D eigenvalue weighted by Gasteiger charge is 1.99. The van der Waals surface area contributed by atoms with Crippen LogP contribution in [0.5, 0.6) is 0 Å². The molecular formula is C7H10N2OS. The molecule has 0 aliphatic rings. The molecule has 0 unspecified atom stereocenters. The Morgan fingerprint density at radius 3 is 2.73 bits per heavy atom. The number of hydrogen-bond donors (Lipinski definition) is 2. The molecule has 0 saturated carbocycles. The first kappa shape index (κ1) is 8.20. The minimum atomic E-state index is -0.206.